The quantitative estimate of drug-likeness (QED) is 0.818. The van der Waals surface area contributed by atoms with Gasteiger partial charge in [-0.05, 0) is 24.6 Å². The molecule has 3 rings (SSSR count). The van der Waals surface area contributed by atoms with E-state index in [-0.39, 0.29) is 17.7 Å². The van der Waals surface area contributed by atoms with E-state index in [0.717, 1.165) is 16.2 Å². The van der Waals surface area contributed by atoms with Crippen LogP contribution in [0.3, 0.4) is 0 Å². The Kier molecular flexibility index (Phi) is 6.16. The first-order valence-corrected chi connectivity index (χ1v) is 9.68. The molecular formula is C19H21ClN2O3S. The van der Waals surface area contributed by atoms with Crippen molar-refractivity contribution in [3.8, 4) is 5.75 Å². The summed E-state index contributed by atoms with van der Waals surface area (Å²) in [5.41, 5.74) is 0.942. The average molecular weight is 393 g/mol. The smallest absolute Gasteiger partial charge is 0.225 e. The molecule has 2 amide bonds. The minimum absolute atomic E-state index is 0.0213. The molecule has 1 N–H and O–H groups in total. The highest BCUT2D eigenvalue weighted by atomic mass is 35.5. The zero-order valence-electron chi connectivity index (χ0n) is 14.5. The van der Waals surface area contributed by atoms with E-state index in [0.29, 0.717) is 36.8 Å². The second kappa shape index (κ2) is 8.56. The predicted molar refractivity (Wildman–Crippen MR) is 102 cm³/mol. The number of thiophene rings is 1. The molecule has 1 aromatic carbocycles. The Labute approximate surface area is 161 Å². The molecule has 1 aliphatic heterocycles. The second-order valence-electron chi connectivity index (χ2n) is 6.25. The fourth-order valence-electron chi connectivity index (χ4n) is 3.09. The van der Waals surface area contributed by atoms with Crippen molar-refractivity contribution < 1.29 is 14.3 Å². The van der Waals surface area contributed by atoms with Gasteiger partial charge in [0.2, 0.25) is 11.8 Å². The van der Waals surface area contributed by atoms with Gasteiger partial charge in [0.05, 0.1) is 23.9 Å². The largest absolute Gasteiger partial charge is 0.496 e. The lowest BCUT2D eigenvalue weighted by atomic mass is 9.96. The first kappa shape index (κ1) is 18.7. The number of amides is 2. The van der Waals surface area contributed by atoms with Gasteiger partial charge in [-0.25, -0.2) is 0 Å². The van der Waals surface area contributed by atoms with Gasteiger partial charge in [0.1, 0.15) is 5.75 Å². The number of carbonyl (C=O) groups is 2. The molecule has 2 heterocycles. The molecular weight excluding hydrogens is 372 g/mol. The fourth-order valence-corrected chi connectivity index (χ4v) is 4.11. The van der Waals surface area contributed by atoms with Crippen molar-refractivity contribution in [2.75, 3.05) is 13.7 Å². The molecule has 0 spiro atoms. The molecule has 7 heteroatoms. The van der Waals surface area contributed by atoms with Crippen molar-refractivity contribution in [1.82, 2.24) is 10.2 Å². The Morgan fingerprint density at radius 2 is 2.15 bits per heavy atom. The number of likely N-dealkylation sites (tertiary alicyclic amines) is 1. The number of hydrogen-bond acceptors (Lipinski definition) is 4. The van der Waals surface area contributed by atoms with E-state index in [1.165, 1.54) is 11.3 Å². The van der Waals surface area contributed by atoms with Gasteiger partial charge in [0.25, 0.3) is 0 Å². The summed E-state index contributed by atoms with van der Waals surface area (Å²) < 4.78 is 6.07. The molecule has 1 saturated heterocycles. The summed E-state index contributed by atoms with van der Waals surface area (Å²) in [4.78, 5) is 27.6. The molecule has 0 radical (unpaired) electrons. The molecule has 0 bridgehead atoms. The third-order valence-corrected chi connectivity index (χ3v) is 5.72. The standard InChI is InChI=1S/C19H21ClN2O3S/c1-25-16-5-3-2-4-13(16)11-22-12-14(6-9-18(22)23)19(24)21-10-15-7-8-17(20)26-15/h2-5,7-8,14H,6,9-12H2,1H3,(H,21,24)/t14-/m1/s1. The summed E-state index contributed by atoms with van der Waals surface area (Å²) in [5, 5.41) is 2.95. The van der Waals surface area contributed by atoms with E-state index in [9.17, 15) is 9.59 Å². The van der Waals surface area contributed by atoms with Crippen LogP contribution < -0.4 is 10.1 Å². The van der Waals surface area contributed by atoms with Crippen molar-refractivity contribution in [1.29, 1.82) is 0 Å². The Morgan fingerprint density at radius 3 is 2.88 bits per heavy atom. The van der Waals surface area contributed by atoms with Gasteiger partial charge in [-0.3, -0.25) is 9.59 Å². The Balaban J connectivity index is 1.60. The molecule has 1 aliphatic rings. The van der Waals surface area contributed by atoms with Gasteiger partial charge >= 0.3 is 0 Å². The summed E-state index contributed by atoms with van der Waals surface area (Å²) in [6, 6.07) is 11.4. The van der Waals surface area contributed by atoms with Gasteiger partial charge in [0, 0.05) is 30.0 Å². The van der Waals surface area contributed by atoms with Crippen molar-refractivity contribution in [3.63, 3.8) is 0 Å². The Morgan fingerprint density at radius 1 is 1.35 bits per heavy atom. The third kappa shape index (κ3) is 4.56. The highest BCUT2D eigenvalue weighted by Crippen LogP contribution is 2.25. The highest BCUT2D eigenvalue weighted by molar-refractivity contribution is 7.16. The highest BCUT2D eigenvalue weighted by Gasteiger charge is 2.30. The number of carbonyl (C=O) groups excluding carboxylic acids is 2. The SMILES string of the molecule is COc1ccccc1CN1C[C@H](C(=O)NCc2ccc(Cl)s2)CCC1=O. The van der Waals surface area contributed by atoms with Crippen molar-refractivity contribution in [2.45, 2.75) is 25.9 Å². The van der Waals surface area contributed by atoms with Crippen LogP contribution in [0.5, 0.6) is 5.75 Å². The first-order chi connectivity index (χ1) is 12.6. The van der Waals surface area contributed by atoms with Crippen LogP contribution >= 0.6 is 22.9 Å². The molecule has 0 aliphatic carbocycles. The topological polar surface area (TPSA) is 58.6 Å². The Hall–Kier alpha value is -2.05. The molecule has 138 valence electrons. The molecule has 1 atom stereocenters. The van der Waals surface area contributed by atoms with Gasteiger partial charge in [0.15, 0.2) is 0 Å². The normalized spacial score (nSPS) is 17.2. The minimum Gasteiger partial charge on any atom is -0.496 e. The van der Waals surface area contributed by atoms with Crippen LogP contribution in [0.4, 0.5) is 0 Å². The van der Waals surface area contributed by atoms with Gasteiger partial charge < -0.3 is 15.0 Å². The van der Waals surface area contributed by atoms with E-state index in [1.54, 1.807) is 12.0 Å². The number of methoxy groups -OCH3 is 1. The summed E-state index contributed by atoms with van der Waals surface area (Å²) in [7, 11) is 1.62. The number of piperidine rings is 1. The molecule has 0 unspecified atom stereocenters. The molecule has 26 heavy (non-hydrogen) atoms. The molecule has 5 nitrogen and oxygen atoms in total. The number of ether oxygens (including phenoxy) is 1. The predicted octanol–water partition coefficient (Wildman–Crippen LogP) is 3.47. The summed E-state index contributed by atoms with van der Waals surface area (Å²) in [6.07, 6.45) is 0.969. The van der Waals surface area contributed by atoms with Crippen LogP contribution in [-0.2, 0) is 22.7 Å². The zero-order chi connectivity index (χ0) is 18.5. The lowest BCUT2D eigenvalue weighted by Crippen LogP contribution is -2.45. The minimum atomic E-state index is -0.196. The van der Waals surface area contributed by atoms with E-state index in [2.05, 4.69) is 5.32 Å². The number of nitrogens with zero attached hydrogens (tertiary/aromatic N) is 1. The van der Waals surface area contributed by atoms with E-state index < -0.39 is 0 Å². The lowest BCUT2D eigenvalue weighted by Gasteiger charge is -2.32. The maximum atomic E-state index is 12.5. The number of halogens is 1. The van der Waals surface area contributed by atoms with Crippen LogP contribution in [0.2, 0.25) is 4.34 Å². The van der Waals surface area contributed by atoms with Crippen molar-refractivity contribution >= 4 is 34.8 Å². The van der Waals surface area contributed by atoms with Crippen molar-refractivity contribution in [2.24, 2.45) is 5.92 Å². The first-order valence-electron chi connectivity index (χ1n) is 8.48. The molecule has 0 saturated carbocycles. The number of nitrogens with one attached hydrogen (secondary N) is 1. The lowest BCUT2D eigenvalue weighted by molar-refractivity contribution is -0.139. The van der Waals surface area contributed by atoms with Crippen LogP contribution in [0.1, 0.15) is 23.3 Å². The maximum absolute atomic E-state index is 12.5. The second-order valence-corrected chi connectivity index (χ2v) is 8.04. The number of hydrogen-bond donors (Lipinski definition) is 1. The monoisotopic (exact) mass is 392 g/mol. The molecule has 1 aromatic heterocycles. The summed E-state index contributed by atoms with van der Waals surface area (Å²) >= 11 is 7.37. The number of benzene rings is 1. The van der Waals surface area contributed by atoms with Crippen LogP contribution in [0.25, 0.3) is 0 Å². The molecule has 2 aromatic rings. The zero-order valence-corrected chi connectivity index (χ0v) is 16.1. The van der Waals surface area contributed by atoms with E-state index in [1.807, 2.05) is 36.4 Å². The van der Waals surface area contributed by atoms with Crippen LogP contribution in [-0.4, -0.2) is 30.4 Å². The number of rotatable bonds is 6. The van der Waals surface area contributed by atoms with E-state index >= 15 is 0 Å². The van der Waals surface area contributed by atoms with Crippen LogP contribution in [0, 0.1) is 5.92 Å². The van der Waals surface area contributed by atoms with E-state index in [4.69, 9.17) is 16.3 Å². The number of para-hydroxylation sites is 1. The summed E-state index contributed by atoms with van der Waals surface area (Å²) in [5.74, 6) is 0.608. The fraction of sp³-hybridized carbons (Fsp3) is 0.368. The third-order valence-electron chi connectivity index (χ3n) is 4.49. The van der Waals surface area contributed by atoms with Gasteiger partial charge in [-0.2, -0.15) is 0 Å². The maximum Gasteiger partial charge on any atom is 0.225 e. The van der Waals surface area contributed by atoms with Crippen LogP contribution in [0.15, 0.2) is 36.4 Å². The summed E-state index contributed by atoms with van der Waals surface area (Å²) in [6.45, 7) is 1.34. The molecule has 1 fully saturated rings. The average Bonchev–Trinajstić information content (AvgIpc) is 3.07. The van der Waals surface area contributed by atoms with Gasteiger partial charge in [-0.1, -0.05) is 29.8 Å². The van der Waals surface area contributed by atoms with Gasteiger partial charge in [-0.15, -0.1) is 11.3 Å². The Bertz CT molecular complexity index is 793. The van der Waals surface area contributed by atoms with Crippen molar-refractivity contribution in [3.05, 3.63) is 51.2 Å².